The van der Waals surface area contributed by atoms with Crippen molar-refractivity contribution >= 4 is 0 Å². The molecule has 2 rings (SSSR count). The third kappa shape index (κ3) is 3.35. The second kappa shape index (κ2) is 6.91. The standard InChI is InChI=1S/C17H31N3/c1-5-6-14-7-8-15(10-18)16(9-14)20-11-13(2)17(12-20)19(3)4/h13-17H,5-9,11-12H2,1-4H3. The average Bonchev–Trinajstić information content (AvgIpc) is 2.81. The minimum absolute atomic E-state index is 0.260. The molecule has 0 aromatic heterocycles. The predicted octanol–water partition coefficient (Wildman–Crippen LogP) is 2.98. The van der Waals surface area contributed by atoms with Crippen LogP contribution in [0.15, 0.2) is 0 Å². The molecule has 0 aromatic rings. The number of likely N-dealkylation sites (N-methyl/N-ethyl adjacent to an activating group) is 1. The molecule has 0 amide bonds. The molecule has 0 radical (unpaired) electrons. The number of hydrogen-bond acceptors (Lipinski definition) is 3. The zero-order valence-electron chi connectivity index (χ0n) is 13.7. The second-order valence-corrected chi connectivity index (χ2v) is 7.23. The summed E-state index contributed by atoms with van der Waals surface area (Å²) in [4.78, 5) is 4.99. The van der Waals surface area contributed by atoms with Crippen molar-refractivity contribution in [1.82, 2.24) is 9.80 Å². The molecule has 2 fully saturated rings. The third-order valence-electron chi connectivity index (χ3n) is 5.52. The SMILES string of the molecule is CCCC1CCC(C#N)C(N2CC(C)C(N(C)C)C2)C1. The first-order chi connectivity index (χ1) is 9.56. The Morgan fingerprint density at radius 1 is 1.25 bits per heavy atom. The number of nitrogens with zero attached hydrogens (tertiary/aromatic N) is 3. The van der Waals surface area contributed by atoms with Gasteiger partial charge in [0.05, 0.1) is 12.0 Å². The van der Waals surface area contributed by atoms with Gasteiger partial charge in [0.15, 0.2) is 0 Å². The van der Waals surface area contributed by atoms with Gasteiger partial charge in [-0.3, -0.25) is 4.90 Å². The average molecular weight is 277 g/mol. The Hall–Kier alpha value is -0.590. The fourth-order valence-corrected chi connectivity index (χ4v) is 4.39. The molecule has 0 spiro atoms. The maximum absolute atomic E-state index is 9.49. The van der Waals surface area contributed by atoms with Gasteiger partial charge in [0.1, 0.15) is 0 Å². The van der Waals surface area contributed by atoms with Crippen molar-refractivity contribution in [2.75, 3.05) is 27.2 Å². The summed E-state index contributed by atoms with van der Waals surface area (Å²) in [6.07, 6.45) is 6.26. The van der Waals surface area contributed by atoms with Gasteiger partial charge in [-0.2, -0.15) is 5.26 Å². The van der Waals surface area contributed by atoms with Crippen LogP contribution in [0.3, 0.4) is 0 Å². The van der Waals surface area contributed by atoms with E-state index in [1.165, 1.54) is 32.2 Å². The largest absolute Gasteiger partial charge is 0.305 e. The Morgan fingerprint density at radius 2 is 2.00 bits per heavy atom. The minimum atomic E-state index is 0.260. The summed E-state index contributed by atoms with van der Waals surface area (Å²) in [5, 5.41) is 9.49. The van der Waals surface area contributed by atoms with Crippen LogP contribution in [0.25, 0.3) is 0 Å². The van der Waals surface area contributed by atoms with E-state index in [0.29, 0.717) is 12.1 Å². The molecule has 5 unspecified atom stereocenters. The molecular formula is C17H31N3. The van der Waals surface area contributed by atoms with E-state index in [4.69, 9.17) is 0 Å². The highest BCUT2D eigenvalue weighted by atomic mass is 15.3. The van der Waals surface area contributed by atoms with E-state index in [2.05, 4.69) is 43.8 Å². The lowest BCUT2D eigenvalue weighted by Crippen LogP contribution is -2.44. The summed E-state index contributed by atoms with van der Waals surface area (Å²) in [5.41, 5.74) is 0. The quantitative estimate of drug-likeness (QED) is 0.791. The van der Waals surface area contributed by atoms with Crippen LogP contribution in [0.2, 0.25) is 0 Å². The van der Waals surface area contributed by atoms with Gasteiger partial charge in [0.25, 0.3) is 0 Å². The molecule has 1 saturated carbocycles. The Morgan fingerprint density at radius 3 is 2.55 bits per heavy atom. The first kappa shape index (κ1) is 15.8. The molecule has 0 N–H and O–H groups in total. The van der Waals surface area contributed by atoms with Gasteiger partial charge in [0, 0.05) is 25.2 Å². The highest BCUT2D eigenvalue weighted by Gasteiger charge is 2.40. The molecule has 0 aromatic carbocycles. The monoisotopic (exact) mass is 277 g/mol. The summed E-state index contributed by atoms with van der Waals surface area (Å²) in [6, 6.07) is 3.76. The van der Waals surface area contributed by atoms with E-state index >= 15 is 0 Å². The van der Waals surface area contributed by atoms with Crippen molar-refractivity contribution in [1.29, 1.82) is 5.26 Å². The van der Waals surface area contributed by atoms with Crippen LogP contribution >= 0.6 is 0 Å². The lowest BCUT2D eigenvalue weighted by Gasteiger charge is -2.38. The molecule has 1 aliphatic carbocycles. The molecule has 114 valence electrons. The zero-order chi connectivity index (χ0) is 14.7. The topological polar surface area (TPSA) is 30.3 Å². The maximum Gasteiger partial charge on any atom is 0.0672 e. The van der Waals surface area contributed by atoms with Crippen molar-refractivity contribution in [3.05, 3.63) is 0 Å². The highest BCUT2D eigenvalue weighted by molar-refractivity contribution is 5.01. The van der Waals surface area contributed by atoms with Gasteiger partial charge in [-0.25, -0.2) is 0 Å². The van der Waals surface area contributed by atoms with Crippen LogP contribution in [0.1, 0.15) is 46.0 Å². The van der Waals surface area contributed by atoms with E-state index in [1.807, 2.05) is 0 Å². The van der Waals surface area contributed by atoms with Crippen molar-refractivity contribution in [3.63, 3.8) is 0 Å². The van der Waals surface area contributed by atoms with Gasteiger partial charge in [-0.1, -0.05) is 26.7 Å². The third-order valence-corrected chi connectivity index (χ3v) is 5.52. The van der Waals surface area contributed by atoms with E-state index < -0.39 is 0 Å². The summed E-state index contributed by atoms with van der Waals surface area (Å²) in [7, 11) is 4.38. The summed E-state index contributed by atoms with van der Waals surface area (Å²) < 4.78 is 0. The lowest BCUT2D eigenvalue weighted by atomic mass is 9.76. The number of rotatable bonds is 4. The summed E-state index contributed by atoms with van der Waals surface area (Å²) in [5.74, 6) is 1.83. The number of nitriles is 1. The Labute approximate surface area is 124 Å². The molecule has 20 heavy (non-hydrogen) atoms. The summed E-state index contributed by atoms with van der Waals surface area (Å²) >= 11 is 0. The highest BCUT2D eigenvalue weighted by Crippen LogP contribution is 2.37. The molecule has 3 nitrogen and oxygen atoms in total. The van der Waals surface area contributed by atoms with Crippen molar-refractivity contribution < 1.29 is 0 Å². The molecular weight excluding hydrogens is 246 g/mol. The smallest absolute Gasteiger partial charge is 0.0672 e. The molecule has 1 heterocycles. The molecule has 3 heteroatoms. The predicted molar refractivity (Wildman–Crippen MR) is 83.4 cm³/mol. The van der Waals surface area contributed by atoms with Crippen molar-refractivity contribution in [2.24, 2.45) is 17.8 Å². The normalized spacial score (nSPS) is 39.1. The van der Waals surface area contributed by atoms with Crippen LogP contribution < -0.4 is 0 Å². The summed E-state index contributed by atoms with van der Waals surface area (Å²) in [6.45, 7) is 6.96. The van der Waals surface area contributed by atoms with Gasteiger partial charge in [0.2, 0.25) is 0 Å². The fourth-order valence-electron chi connectivity index (χ4n) is 4.39. The van der Waals surface area contributed by atoms with Crippen molar-refractivity contribution in [3.8, 4) is 6.07 Å². The molecule has 5 atom stereocenters. The van der Waals surface area contributed by atoms with E-state index in [9.17, 15) is 5.26 Å². The van der Waals surface area contributed by atoms with Crippen LogP contribution in [0, 0.1) is 29.1 Å². The molecule has 1 saturated heterocycles. The van der Waals surface area contributed by atoms with Gasteiger partial charge in [-0.15, -0.1) is 0 Å². The van der Waals surface area contributed by atoms with E-state index in [-0.39, 0.29) is 5.92 Å². The minimum Gasteiger partial charge on any atom is -0.305 e. The lowest BCUT2D eigenvalue weighted by molar-refractivity contribution is 0.112. The Bertz CT molecular complexity index is 347. The molecule has 0 bridgehead atoms. The second-order valence-electron chi connectivity index (χ2n) is 7.23. The molecule has 2 aliphatic rings. The number of hydrogen-bond donors (Lipinski definition) is 0. The van der Waals surface area contributed by atoms with Gasteiger partial charge < -0.3 is 4.90 Å². The van der Waals surface area contributed by atoms with Crippen LogP contribution in [-0.4, -0.2) is 49.1 Å². The first-order valence-corrected chi connectivity index (χ1v) is 8.36. The Kier molecular flexibility index (Phi) is 5.46. The van der Waals surface area contributed by atoms with Crippen LogP contribution in [0.5, 0.6) is 0 Å². The first-order valence-electron chi connectivity index (χ1n) is 8.36. The van der Waals surface area contributed by atoms with Crippen LogP contribution in [0.4, 0.5) is 0 Å². The zero-order valence-corrected chi connectivity index (χ0v) is 13.7. The number of likely N-dealkylation sites (tertiary alicyclic amines) is 1. The van der Waals surface area contributed by atoms with E-state index in [1.54, 1.807) is 0 Å². The fraction of sp³-hybridized carbons (Fsp3) is 0.941. The van der Waals surface area contributed by atoms with E-state index in [0.717, 1.165) is 24.8 Å². The van der Waals surface area contributed by atoms with Gasteiger partial charge >= 0.3 is 0 Å². The van der Waals surface area contributed by atoms with Gasteiger partial charge in [-0.05, 0) is 45.2 Å². The van der Waals surface area contributed by atoms with Crippen LogP contribution in [-0.2, 0) is 0 Å². The van der Waals surface area contributed by atoms with Crippen molar-refractivity contribution in [2.45, 2.75) is 58.0 Å². The molecule has 1 aliphatic heterocycles. The maximum atomic E-state index is 9.49. The Balaban J connectivity index is 2.03.